The van der Waals surface area contributed by atoms with E-state index in [0.29, 0.717) is 0 Å². The van der Waals surface area contributed by atoms with Crippen molar-refractivity contribution in [2.24, 2.45) is 0 Å². The Labute approximate surface area is 125 Å². The highest BCUT2D eigenvalue weighted by Crippen LogP contribution is 2.14. The van der Waals surface area contributed by atoms with E-state index in [4.69, 9.17) is 0 Å². The van der Waals surface area contributed by atoms with Crippen LogP contribution in [-0.2, 0) is 13.0 Å². The second-order valence-corrected chi connectivity index (χ2v) is 5.02. The zero-order chi connectivity index (χ0) is 14.5. The van der Waals surface area contributed by atoms with E-state index in [1.807, 2.05) is 16.9 Å². The molecule has 21 heavy (non-hydrogen) atoms. The minimum absolute atomic E-state index is 0.826. The van der Waals surface area contributed by atoms with Crippen molar-refractivity contribution in [2.45, 2.75) is 19.9 Å². The maximum Gasteiger partial charge on any atom is 0.0645 e. The van der Waals surface area contributed by atoms with Gasteiger partial charge >= 0.3 is 0 Å². The highest BCUT2D eigenvalue weighted by atomic mass is 15.3. The normalized spacial score (nSPS) is 10.5. The number of hydrogen-bond acceptors (Lipinski definition) is 2. The number of aromatic nitrogens is 2. The summed E-state index contributed by atoms with van der Waals surface area (Å²) in [4.78, 5) is 0. The smallest absolute Gasteiger partial charge is 0.0645 e. The van der Waals surface area contributed by atoms with Crippen molar-refractivity contribution in [1.82, 2.24) is 9.78 Å². The summed E-state index contributed by atoms with van der Waals surface area (Å²) in [6.45, 7) is 3.00. The Morgan fingerprint density at radius 1 is 1.00 bits per heavy atom. The number of anilines is 1. The maximum absolute atomic E-state index is 4.23. The molecule has 1 heterocycles. The molecule has 0 amide bonds. The van der Waals surface area contributed by atoms with Crippen molar-refractivity contribution < 1.29 is 0 Å². The first-order valence-corrected chi connectivity index (χ1v) is 7.27. The van der Waals surface area contributed by atoms with Crippen LogP contribution < -0.4 is 5.32 Å². The van der Waals surface area contributed by atoms with Crippen molar-refractivity contribution in [1.29, 1.82) is 0 Å². The fourth-order valence-electron chi connectivity index (χ4n) is 2.29. The Bertz CT molecular complexity index is 685. The summed E-state index contributed by atoms with van der Waals surface area (Å²) in [5.41, 5.74) is 4.86. The SMILES string of the molecule is CCc1cccc(NCc2ccc(-n3cccn3)cc2)c1. The van der Waals surface area contributed by atoms with Crippen molar-refractivity contribution in [3.8, 4) is 5.69 Å². The van der Waals surface area contributed by atoms with Crippen LogP contribution in [0.15, 0.2) is 67.0 Å². The van der Waals surface area contributed by atoms with Crippen LogP contribution in [0.4, 0.5) is 5.69 Å². The maximum atomic E-state index is 4.23. The molecule has 1 aromatic heterocycles. The van der Waals surface area contributed by atoms with Gasteiger partial charge in [0, 0.05) is 24.6 Å². The molecular weight excluding hydrogens is 258 g/mol. The lowest BCUT2D eigenvalue weighted by molar-refractivity contribution is 0.879. The largest absolute Gasteiger partial charge is 0.381 e. The van der Waals surface area contributed by atoms with Crippen molar-refractivity contribution in [3.05, 3.63) is 78.1 Å². The average molecular weight is 277 g/mol. The van der Waals surface area contributed by atoms with Crippen LogP contribution in [0.2, 0.25) is 0 Å². The number of rotatable bonds is 5. The molecule has 106 valence electrons. The van der Waals surface area contributed by atoms with Crippen LogP contribution in [0.1, 0.15) is 18.1 Å². The first-order chi connectivity index (χ1) is 10.3. The molecule has 0 spiro atoms. The number of benzene rings is 2. The van der Waals surface area contributed by atoms with E-state index in [1.165, 1.54) is 16.8 Å². The van der Waals surface area contributed by atoms with E-state index in [1.54, 1.807) is 6.20 Å². The van der Waals surface area contributed by atoms with Crippen molar-refractivity contribution in [3.63, 3.8) is 0 Å². The molecule has 3 nitrogen and oxygen atoms in total. The molecule has 0 bridgehead atoms. The molecule has 3 rings (SSSR count). The molecule has 0 saturated heterocycles. The Balaban J connectivity index is 1.65. The van der Waals surface area contributed by atoms with Gasteiger partial charge in [-0.3, -0.25) is 0 Å². The van der Waals surface area contributed by atoms with E-state index in [9.17, 15) is 0 Å². The Morgan fingerprint density at radius 3 is 2.57 bits per heavy atom. The fourth-order valence-corrected chi connectivity index (χ4v) is 2.29. The van der Waals surface area contributed by atoms with Gasteiger partial charge in [0.05, 0.1) is 5.69 Å². The molecule has 0 atom stereocenters. The third-order valence-electron chi connectivity index (χ3n) is 3.54. The highest BCUT2D eigenvalue weighted by Gasteiger charge is 1.98. The summed E-state index contributed by atoms with van der Waals surface area (Å²) < 4.78 is 1.86. The first kappa shape index (κ1) is 13.4. The van der Waals surface area contributed by atoms with E-state index >= 15 is 0 Å². The third-order valence-corrected chi connectivity index (χ3v) is 3.54. The zero-order valence-corrected chi connectivity index (χ0v) is 12.2. The van der Waals surface area contributed by atoms with E-state index in [0.717, 1.165) is 18.7 Å². The quantitative estimate of drug-likeness (QED) is 0.762. The average Bonchev–Trinajstić information content (AvgIpc) is 3.08. The van der Waals surface area contributed by atoms with Gasteiger partial charge in [0.2, 0.25) is 0 Å². The molecule has 0 radical (unpaired) electrons. The van der Waals surface area contributed by atoms with Gasteiger partial charge in [-0.25, -0.2) is 4.68 Å². The lowest BCUT2D eigenvalue weighted by Gasteiger charge is -2.09. The number of hydrogen-bond donors (Lipinski definition) is 1. The van der Waals surface area contributed by atoms with Crippen molar-refractivity contribution >= 4 is 5.69 Å². The Kier molecular flexibility index (Phi) is 4.01. The second kappa shape index (κ2) is 6.27. The number of nitrogens with zero attached hydrogens (tertiary/aromatic N) is 2. The van der Waals surface area contributed by atoms with Crippen LogP contribution in [0, 0.1) is 0 Å². The van der Waals surface area contributed by atoms with Crippen LogP contribution in [-0.4, -0.2) is 9.78 Å². The standard InChI is InChI=1S/C18H19N3/c1-2-15-5-3-6-17(13-15)19-14-16-7-9-18(10-8-16)21-12-4-11-20-21/h3-13,19H,2,14H2,1H3. The molecule has 2 aromatic carbocycles. The van der Waals surface area contributed by atoms with Crippen LogP contribution in [0.5, 0.6) is 0 Å². The van der Waals surface area contributed by atoms with Gasteiger partial charge in [0.1, 0.15) is 0 Å². The predicted octanol–water partition coefficient (Wildman–Crippen LogP) is 4.05. The first-order valence-electron chi connectivity index (χ1n) is 7.27. The minimum atomic E-state index is 0.826. The van der Waals surface area contributed by atoms with Crippen molar-refractivity contribution in [2.75, 3.05) is 5.32 Å². The summed E-state index contributed by atoms with van der Waals surface area (Å²) in [6.07, 6.45) is 4.80. The van der Waals surface area contributed by atoms with Crippen LogP contribution in [0.3, 0.4) is 0 Å². The van der Waals surface area contributed by atoms with Gasteiger partial charge in [-0.05, 0) is 47.9 Å². The third kappa shape index (κ3) is 3.31. The molecule has 0 aliphatic heterocycles. The molecule has 0 saturated carbocycles. The zero-order valence-electron chi connectivity index (χ0n) is 12.2. The van der Waals surface area contributed by atoms with Gasteiger partial charge in [-0.2, -0.15) is 5.10 Å². The topological polar surface area (TPSA) is 29.9 Å². The van der Waals surface area contributed by atoms with Crippen LogP contribution in [0.25, 0.3) is 5.69 Å². The molecule has 1 N–H and O–H groups in total. The van der Waals surface area contributed by atoms with Gasteiger partial charge in [-0.15, -0.1) is 0 Å². The lowest BCUT2D eigenvalue weighted by atomic mass is 10.1. The molecular formula is C18H19N3. The highest BCUT2D eigenvalue weighted by molar-refractivity contribution is 5.46. The summed E-state index contributed by atoms with van der Waals surface area (Å²) in [5.74, 6) is 0. The monoisotopic (exact) mass is 277 g/mol. The van der Waals surface area contributed by atoms with Gasteiger partial charge in [0.15, 0.2) is 0 Å². The Hall–Kier alpha value is -2.55. The second-order valence-electron chi connectivity index (χ2n) is 5.02. The van der Waals surface area contributed by atoms with Gasteiger partial charge < -0.3 is 5.32 Å². The lowest BCUT2D eigenvalue weighted by Crippen LogP contribution is -2.00. The minimum Gasteiger partial charge on any atom is -0.381 e. The molecule has 0 unspecified atom stereocenters. The summed E-state index contributed by atoms with van der Waals surface area (Å²) >= 11 is 0. The molecule has 3 heteroatoms. The molecule has 0 aliphatic rings. The molecule has 3 aromatic rings. The van der Waals surface area contributed by atoms with E-state index < -0.39 is 0 Å². The fraction of sp³-hybridized carbons (Fsp3) is 0.167. The van der Waals surface area contributed by atoms with Crippen LogP contribution >= 0.6 is 0 Å². The summed E-state index contributed by atoms with van der Waals surface area (Å²) in [7, 11) is 0. The van der Waals surface area contributed by atoms with E-state index in [-0.39, 0.29) is 0 Å². The summed E-state index contributed by atoms with van der Waals surface area (Å²) in [5, 5.41) is 7.70. The van der Waals surface area contributed by atoms with Gasteiger partial charge in [0.25, 0.3) is 0 Å². The summed E-state index contributed by atoms with van der Waals surface area (Å²) in [6, 6.07) is 18.9. The number of aryl methyl sites for hydroxylation is 1. The number of nitrogens with one attached hydrogen (secondary N) is 1. The molecule has 0 aliphatic carbocycles. The van der Waals surface area contributed by atoms with Gasteiger partial charge in [-0.1, -0.05) is 31.2 Å². The Morgan fingerprint density at radius 2 is 1.86 bits per heavy atom. The predicted molar refractivity (Wildman–Crippen MR) is 86.7 cm³/mol. The molecule has 0 fully saturated rings. The van der Waals surface area contributed by atoms with E-state index in [2.05, 4.69) is 65.9 Å².